The number of aromatic nitrogens is 6. The summed E-state index contributed by atoms with van der Waals surface area (Å²) in [6, 6.07) is 1.64. The van der Waals surface area contributed by atoms with E-state index < -0.39 is 0 Å². The number of anilines is 1. The molecule has 18 heavy (non-hydrogen) atoms. The van der Waals surface area contributed by atoms with Gasteiger partial charge in [0.1, 0.15) is 12.1 Å². The Bertz CT molecular complexity index is 741. The fraction of sp³-hybridized carbons (Fsp3) is 0.222. The molecule has 0 saturated heterocycles. The predicted molar refractivity (Wildman–Crippen MR) is 60.0 cm³/mol. The summed E-state index contributed by atoms with van der Waals surface area (Å²) in [6.07, 6.45) is 1.39. The maximum Gasteiger partial charge on any atom is 0.348 e. The van der Waals surface area contributed by atoms with E-state index in [0.717, 1.165) is 0 Å². The second kappa shape index (κ2) is 3.95. The molecule has 0 unspecified atom stereocenters. The minimum absolute atomic E-state index is 0.321. The van der Waals surface area contributed by atoms with Crippen LogP contribution in [0.15, 0.2) is 21.7 Å². The van der Waals surface area contributed by atoms with Crippen LogP contribution in [0.4, 0.5) is 5.82 Å². The lowest BCUT2D eigenvalue weighted by molar-refractivity contribution is 0.388. The number of H-pyrrole nitrogens is 1. The summed E-state index contributed by atoms with van der Waals surface area (Å²) in [6.45, 7) is 2.10. The second-order valence-electron chi connectivity index (χ2n) is 3.61. The van der Waals surface area contributed by atoms with E-state index in [1.807, 2.05) is 0 Å². The summed E-state index contributed by atoms with van der Waals surface area (Å²) >= 11 is 0. The van der Waals surface area contributed by atoms with Crippen molar-refractivity contribution in [1.82, 2.24) is 29.7 Å². The molecule has 0 bridgehead atoms. The number of nitrogens with zero attached hydrogens (tertiary/aromatic N) is 5. The third-order valence-corrected chi connectivity index (χ3v) is 2.31. The molecule has 3 aromatic heterocycles. The van der Waals surface area contributed by atoms with Crippen molar-refractivity contribution in [3.05, 3.63) is 34.6 Å². The van der Waals surface area contributed by atoms with E-state index in [-0.39, 0.29) is 5.69 Å². The maximum absolute atomic E-state index is 11.2. The SMILES string of the molecule is Cc1nc(CNc2cc3n[nH]c(=O)n3cn2)no1. The van der Waals surface area contributed by atoms with Gasteiger partial charge in [-0.2, -0.15) is 10.1 Å². The van der Waals surface area contributed by atoms with Crippen LogP contribution in [0, 0.1) is 6.92 Å². The van der Waals surface area contributed by atoms with Crippen LogP contribution in [-0.4, -0.2) is 29.7 Å². The van der Waals surface area contributed by atoms with Crippen LogP contribution in [0.2, 0.25) is 0 Å². The summed E-state index contributed by atoms with van der Waals surface area (Å²) in [5.41, 5.74) is 0.166. The highest BCUT2D eigenvalue weighted by Gasteiger charge is 2.04. The molecule has 3 heterocycles. The molecule has 0 aliphatic heterocycles. The molecule has 0 atom stereocenters. The first kappa shape index (κ1) is 10.4. The van der Waals surface area contributed by atoms with E-state index in [0.29, 0.717) is 29.7 Å². The third-order valence-electron chi connectivity index (χ3n) is 2.31. The number of nitrogens with one attached hydrogen (secondary N) is 2. The van der Waals surface area contributed by atoms with E-state index in [1.165, 1.54) is 10.7 Å². The molecule has 2 N–H and O–H groups in total. The Kier molecular flexibility index (Phi) is 2.29. The molecule has 92 valence electrons. The van der Waals surface area contributed by atoms with Crippen LogP contribution < -0.4 is 11.0 Å². The number of hydrogen-bond donors (Lipinski definition) is 2. The Morgan fingerprint density at radius 1 is 1.56 bits per heavy atom. The first-order chi connectivity index (χ1) is 8.72. The third kappa shape index (κ3) is 1.81. The van der Waals surface area contributed by atoms with Crippen molar-refractivity contribution >= 4 is 11.5 Å². The van der Waals surface area contributed by atoms with Gasteiger partial charge in [-0.3, -0.25) is 0 Å². The van der Waals surface area contributed by atoms with E-state index >= 15 is 0 Å². The fourth-order valence-electron chi connectivity index (χ4n) is 1.49. The highest BCUT2D eigenvalue weighted by atomic mass is 16.5. The van der Waals surface area contributed by atoms with E-state index in [9.17, 15) is 4.79 Å². The van der Waals surface area contributed by atoms with Crippen molar-refractivity contribution in [3.63, 3.8) is 0 Å². The zero-order valence-corrected chi connectivity index (χ0v) is 9.41. The summed E-state index contributed by atoms with van der Waals surface area (Å²) in [5.74, 6) is 1.62. The van der Waals surface area contributed by atoms with Gasteiger partial charge < -0.3 is 9.84 Å². The summed E-state index contributed by atoms with van der Waals surface area (Å²) in [5, 5.41) is 12.9. The first-order valence-electron chi connectivity index (χ1n) is 5.18. The Morgan fingerprint density at radius 2 is 2.44 bits per heavy atom. The molecule has 9 heteroatoms. The largest absolute Gasteiger partial charge is 0.362 e. The second-order valence-corrected chi connectivity index (χ2v) is 3.61. The minimum atomic E-state index is -0.321. The monoisotopic (exact) mass is 247 g/mol. The van der Waals surface area contributed by atoms with Crippen molar-refractivity contribution in [1.29, 1.82) is 0 Å². The Hall–Kier alpha value is -2.71. The van der Waals surface area contributed by atoms with Crippen LogP contribution in [0.25, 0.3) is 5.65 Å². The van der Waals surface area contributed by atoms with Crippen LogP contribution >= 0.6 is 0 Å². The number of fused-ring (bicyclic) bond motifs is 1. The molecule has 0 aliphatic carbocycles. The van der Waals surface area contributed by atoms with Crippen molar-refractivity contribution in [2.45, 2.75) is 13.5 Å². The molecule has 0 aromatic carbocycles. The molecule has 0 fully saturated rings. The van der Waals surface area contributed by atoms with Gasteiger partial charge >= 0.3 is 5.69 Å². The smallest absolute Gasteiger partial charge is 0.348 e. The quantitative estimate of drug-likeness (QED) is 0.654. The van der Waals surface area contributed by atoms with Crippen molar-refractivity contribution in [2.24, 2.45) is 0 Å². The van der Waals surface area contributed by atoms with Crippen molar-refractivity contribution < 1.29 is 4.52 Å². The molecular formula is C9H9N7O2. The van der Waals surface area contributed by atoms with Gasteiger partial charge in [0.05, 0.1) is 6.54 Å². The fourth-order valence-corrected chi connectivity index (χ4v) is 1.49. The van der Waals surface area contributed by atoms with E-state index in [1.54, 1.807) is 13.0 Å². The van der Waals surface area contributed by atoms with Gasteiger partial charge in [-0.15, -0.1) is 0 Å². The molecule has 3 aromatic rings. The van der Waals surface area contributed by atoms with Gasteiger partial charge in [0.15, 0.2) is 11.5 Å². The average molecular weight is 247 g/mol. The van der Waals surface area contributed by atoms with E-state index in [2.05, 4.69) is 30.6 Å². The lowest BCUT2D eigenvalue weighted by atomic mass is 10.5. The van der Waals surface area contributed by atoms with Crippen molar-refractivity contribution in [3.8, 4) is 0 Å². The lowest BCUT2D eigenvalue weighted by Gasteiger charge is -2.01. The highest BCUT2D eigenvalue weighted by Crippen LogP contribution is 2.05. The Morgan fingerprint density at radius 3 is 3.22 bits per heavy atom. The highest BCUT2D eigenvalue weighted by molar-refractivity contribution is 5.48. The molecule has 0 aliphatic rings. The predicted octanol–water partition coefficient (Wildman–Crippen LogP) is -0.279. The molecule has 0 radical (unpaired) electrons. The number of aromatic amines is 1. The minimum Gasteiger partial charge on any atom is -0.362 e. The Labute approximate surface area is 99.9 Å². The van der Waals surface area contributed by atoms with Crippen LogP contribution in [-0.2, 0) is 6.54 Å². The van der Waals surface area contributed by atoms with Gasteiger partial charge in [-0.05, 0) is 0 Å². The normalized spacial score (nSPS) is 10.9. The van der Waals surface area contributed by atoms with Gasteiger partial charge in [-0.1, -0.05) is 5.16 Å². The molecule has 9 nitrogen and oxygen atoms in total. The summed E-state index contributed by atoms with van der Waals surface area (Å²) in [4.78, 5) is 19.3. The maximum atomic E-state index is 11.2. The molecule has 0 amide bonds. The van der Waals surface area contributed by atoms with Gasteiger partial charge in [-0.25, -0.2) is 19.3 Å². The molecule has 0 saturated carbocycles. The van der Waals surface area contributed by atoms with Gasteiger partial charge in [0, 0.05) is 13.0 Å². The van der Waals surface area contributed by atoms with Crippen molar-refractivity contribution in [2.75, 3.05) is 5.32 Å². The standard InChI is InChI=1S/C9H9N7O2/c1-5-12-7(15-18-5)3-10-6-2-8-13-14-9(17)16(8)4-11-6/h2,4,10H,3H2,1H3,(H,14,17). The summed E-state index contributed by atoms with van der Waals surface area (Å²) < 4.78 is 6.15. The van der Waals surface area contributed by atoms with Crippen LogP contribution in [0.5, 0.6) is 0 Å². The average Bonchev–Trinajstić information content (AvgIpc) is 2.94. The van der Waals surface area contributed by atoms with Gasteiger partial charge in [0.2, 0.25) is 5.89 Å². The number of aryl methyl sites for hydroxylation is 1. The number of hydrogen-bond acceptors (Lipinski definition) is 7. The molecule has 0 spiro atoms. The zero-order chi connectivity index (χ0) is 12.5. The molecular weight excluding hydrogens is 238 g/mol. The number of rotatable bonds is 3. The lowest BCUT2D eigenvalue weighted by Crippen LogP contribution is -2.10. The first-order valence-corrected chi connectivity index (χ1v) is 5.18. The zero-order valence-electron chi connectivity index (χ0n) is 9.41. The topological polar surface area (TPSA) is 114 Å². The van der Waals surface area contributed by atoms with Gasteiger partial charge in [0.25, 0.3) is 0 Å². The van der Waals surface area contributed by atoms with Crippen LogP contribution in [0.1, 0.15) is 11.7 Å². The van der Waals surface area contributed by atoms with Crippen LogP contribution in [0.3, 0.4) is 0 Å². The summed E-state index contributed by atoms with van der Waals surface area (Å²) in [7, 11) is 0. The Balaban J connectivity index is 1.80. The van der Waals surface area contributed by atoms with E-state index in [4.69, 9.17) is 4.52 Å². The molecule has 3 rings (SSSR count).